The summed E-state index contributed by atoms with van der Waals surface area (Å²) in [6.45, 7) is 7.03. The smallest absolute Gasteiger partial charge is 0.274 e. The first-order valence-corrected chi connectivity index (χ1v) is 10.8. The quantitative estimate of drug-likeness (QED) is 0.769. The lowest BCUT2D eigenvalue weighted by atomic mass is 9.68. The highest BCUT2D eigenvalue weighted by atomic mass is 16.5. The lowest BCUT2D eigenvalue weighted by Crippen LogP contribution is -2.49. The van der Waals surface area contributed by atoms with Crippen molar-refractivity contribution < 1.29 is 9.53 Å². The topological polar surface area (TPSA) is 68.5 Å². The molecule has 0 aliphatic heterocycles. The zero-order chi connectivity index (χ0) is 19.7. The van der Waals surface area contributed by atoms with Crippen LogP contribution in [0, 0.1) is 25.7 Å². The van der Waals surface area contributed by atoms with E-state index in [1.165, 1.54) is 25.7 Å². The second-order valence-corrected chi connectivity index (χ2v) is 8.61. The van der Waals surface area contributed by atoms with Crippen LogP contribution in [0.4, 0.5) is 0 Å². The largest absolute Gasteiger partial charge is 0.378 e. The first kappa shape index (κ1) is 19.4. The number of rotatable bonds is 6. The number of imidazole rings is 1. The van der Waals surface area contributed by atoms with Gasteiger partial charge >= 0.3 is 0 Å². The maximum atomic E-state index is 13.0. The highest BCUT2D eigenvalue weighted by Gasteiger charge is 2.41. The number of aromatic nitrogens is 3. The van der Waals surface area contributed by atoms with Crippen LogP contribution in [0.1, 0.15) is 73.7 Å². The number of hydrogen-bond acceptors (Lipinski definition) is 4. The van der Waals surface area contributed by atoms with Crippen molar-refractivity contribution in [3.8, 4) is 0 Å². The maximum Gasteiger partial charge on any atom is 0.274 e. The lowest BCUT2D eigenvalue weighted by molar-refractivity contribution is -0.0772. The van der Waals surface area contributed by atoms with Crippen LogP contribution < -0.4 is 5.32 Å². The minimum absolute atomic E-state index is 0.103. The van der Waals surface area contributed by atoms with Crippen LogP contribution in [0.2, 0.25) is 0 Å². The molecule has 28 heavy (non-hydrogen) atoms. The van der Waals surface area contributed by atoms with E-state index in [4.69, 9.17) is 4.74 Å². The average molecular weight is 385 g/mol. The van der Waals surface area contributed by atoms with Crippen LogP contribution in [-0.4, -0.2) is 39.0 Å². The minimum Gasteiger partial charge on any atom is -0.378 e. The van der Waals surface area contributed by atoms with Gasteiger partial charge in [0.05, 0.1) is 6.10 Å². The number of aryl methyl sites for hydroxylation is 2. The van der Waals surface area contributed by atoms with Crippen LogP contribution in [0.15, 0.2) is 12.4 Å². The fourth-order valence-corrected chi connectivity index (χ4v) is 5.13. The molecule has 1 amide bonds. The number of ether oxygens (including phenoxy) is 1. The molecule has 0 aromatic carbocycles. The van der Waals surface area contributed by atoms with Gasteiger partial charge in [-0.2, -0.15) is 0 Å². The molecule has 2 saturated carbocycles. The number of amides is 1. The van der Waals surface area contributed by atoms with E-state index in [0.29, 0.717) is 29.3 Å². The van der Waals surface area contributed by atoms with E-state index < -0.39 is 0 Å². The molecule has 6 nitrogen and oxygen atoms in total. The van der Waals surface area contributed by atoms with Gasteiger partial charge in [-0.05, 0) is 63.9 Å². The van der Waals surface area contributed by atoms with E-state index in [0.717, 1.165) is 37.3 Å². The second kappa shape index (κ2) is 8.19. The SMILES string of the molecule is CCCCO[C@@H]1[C@@H]2CCC[C@H]1C[C@@H](NC(=O)c1ncn3c(C)cc(C)nc13)C2. The summed E-state index contributed by atoms with van der Waals surface area (Å²) >= 11 is 0. The molecule has 0 spiro atoms. The predicted molar refractivity (Wildman–Crippen MR) is 108 cm³/mol. The summed E-state index contributed by atoms with van der Waals surface area (Å²) in [4.78, 5) is 21.9. The molecule has 2 heterocycles. The Morgan fingerprint density at radius 1 is 1.29 bits per heavy atom. The van der Waals surface area contributed by atoms with Crippen molar-refractivity contribution in [1.29, 1.82) is 0 Å². The van der Waals surface area contributed by atoms with Crippen LogP contribution in [0.25, 0.3) is 5.65 Å². The van der Waals surface area contributed by atoms with Gasteiger partial charge in [-0.15, -0.1) is 0 Å². The van der Waals surface area contributed by atoms with Crippen LogP contribution in [0.3, 0.4) is 0 Å². The third-order valence-electron chi connectivity index (χ3n) is 6.43. The van der Waals surface area contributed by atoms with Gasteiger partial charge in [0.1, 0.15) is 6.33 Å². The van der Waals surface area contributed by atoms with Gasteiger partial charge in [0.25, 0.3) is 5.91 Å². The van der Waals surface area contributed by atoms with Crippen molar-refractivity contribution in [3.05, 3.63) is 29.5 Å². The number of nitrogens with one attached hydrogen (secondary N) is 1. The monoisotopic (exact) mass is 384 g/mol. The van der Waals surface area contributed by atoms with Gasteiger partial charge < -0.3 is 10.1 Å². The van der Waals surface area contributed by atoms with Gasteiger partial charge in [0, 0.05) is 24.0 Å². The first-order valence-electron chi connectivity index (χ1n) is 10.8. The Morgan fingerprint density at radius 2 is 2.04 bits per heavy atom. The van der Waals surface area contributed by atoms with Crippen molar-refractivity contribution in [2.75, 3.05) is 6.61 Å². The standard InChI is InChI=1S/C22H32N4O2/c1-4-5-9-28-20-16-7-6-8-17(20)12-18(11-16)25-22(27)19-21-24-14(2)10-15(3)26(21)13-23-19/h10,13,16-18,20H,4-9,11-12H2,1-3H3,(H,25,27)/t16-,17+,18+,20-. The predicted octanol–water partition coefficient (Wildman–Crippen LogP) is 3.84. The number of unbranched alkanes of at least 4 members (excludes halogenated alkanes) is 1. The molecule has 6 heteroatoms. The minimum atomic E-state index is -0.103. The van der Waals surface area contributed by atoms with Crippen molar-refractivity contribution >= 4 is 11.6 Å². The average Bonchev–Trinajstić information content (AvgIpc) is 3.06. The van der Waals surface area contributed by atoms with Gasteiger partial charge in [0.15, 0.2) is 11.3 Å². The highest BCUT2D eigenvalue weighted by Crippen LogP contribution is 2.42. The molecule has 0 saturated heterocycles. The summed E-state index contributed by atoms with van der Waals surface area (Å²) in [6, 6.07) is 2.20. The molecular formula is C22H32N4O2. The summed E-state index contributed by atoms with van der Waals surface area (Å²) in [7, 11) is 0. The van der Waals surface area contributed by atoms with Gasteiger partial charge in [-0.3, -0.25) is 9.20 Å². The summed E-state index contributed by atoms with van der Waals surface area (Å²) in [6.07, 6.45) is 10.1. The maximum absolute atomic E-state index is 13.0. The summed E-state index contributed by atoms with van der Waals surface area (Å²) in [5, 5.41) is 3.26. The molecule has 2 bridgehead atoms. The molecule has 4 rings (SSSR count). The van der Waals surface area contributed by atoms with Crippen LogP contribution in [0.5, 0.6) is 0 Å². The zero-order valence-corrected chi connectivity index (χ0v) is 17.3. The first-order chi connectivity index (χ1) is 13.6. The number of carbonyl (C=O) groups is 1. The summed E-state index contributed by atoms with van der Waals surface area (Å²) in [5.74, 6) is 1.03. The fraction of sp³-hybridized carbons (Fsp3) is 0.682. The summed E-state index contributed by atoms with van der Waals surface area (Å²) < 4.78 is 8.15. The number of hydrogen-bond donors (Lipinski definition) is 1. The van der Waals surface area contributed by atoms with E-state index in [2.05, 4.69) is 22.2 Å². The normalized spacial score (nSPS) is 27.1. The van der Waals surface area contributed by atoms with Gasteiger partial charge in [0.2, 0.25) is 0 Å². The molecule has 2 aliphatic carbocycles. The Hall–Kier alpha value is -1.95. The Morgan fingerprint density at radius 3 is 2.75 bits per heavy atom. The van der Waals surface area contributed by atoms with Gasteiger partial charge in [-0.25, -0.2) is 9.97 Å². The third-order valence-corrected chi connectivity index (χ3v) is 6.43. The molecular weight excluding hydrogens is 352 g/mol. The Bertz CT molecular complexity index is 832. The molecule has 152 valence electrons. The fourth-order valence-electron chi connectivity index (χ4n) is 5.13. The van der Waals surface area contributed by atoms with Crippen molar-refractivity contribution in [1.82, 2.24) is 19.7 Å². The van der Waals surface area contributed by atoms with E-state index in [9.17, 15) is 4.79 Å². The molecule has 1 N–H and O–H groups in total. The van der Waals surface area contributed by atoms with Crippen molar-refractivity contribution in [2.45, 2.75) is 77.9 Å². The Labute approximate surface area is 167 Å². The molecule has 2 aromatic rings. The van der Waals surface area contributed by atoms with Crippen molar-refractivity contribution in [3.63, 3.8) is 0 Å². The second-order valence-electron chi connectivity index (χ2n) is 8.61. The van der Waals surface area contributed by atoms with E-state index >= 15 is 0 Å². The number of carbonyl (C=O) groups excluding carboxylic acids is 1. The summed E-state index contributed by atoms with van der Waals surface area (Å²) in [5.41, 5.74) is 3.01. The van der Waals surface area contributed by atoms with E-state index in [-0.39, 0.29) is 11.9 Å². The zero-order valence-electron chi connectivity index (χ0n) is 17.3. The van der Waals surface area contributed by atoms with Crippen LogP contribution >= 0.6 is 0 Å². The highest BCUT2D eigenvalue weighted by molar-refractivity contribution is 5.98. The molecule has 2 aliphatic rings. The number of nitrogens with zero attached hydrogens (tertiary/aromatic N) is 3. The molecule has 0 unspecified atom stereocenters. The van der Waals surface area contributed by atoms with Gasteiger partial charge in [-0.1, -0.05) is 19.8 Å². The van der Waals surface area contributed by atoms with Crippen molar-refractivity contribution in [2.24, 2.45) is 11.8 Å². The Kier molecular flexibility index (Phi) is 5.67. The number of fused-ring (bicyclic) bond motifs is 3. The van der Waals surface area contributed by atoms with Crippen LogP contribution in [-0.2, 0) is 4.74 Å². The molecule has 0 radical (unpaired) electrons. The molecule has 2 fully saturated rings. The van der Waals surface area contributed by atoms with E-state index in [1.54, 1.807) is 6.33 Å². The molecule has 4 atom stereocenters. The Balaban J connectivity index is 1.45. The third kappa shape index (κ3) is 3.79. The van der Waals surface area contributed by atoms with E-state index in [1.807, 2.05) is 24.3 Å². The molecule has 2 aromatic heterocycles. The lowest BCUT2D eigenvalue weighted by Gasteiger charge is -2.45.